The lowest BCUT2D eigenvalue weighted by Crippen LogP contribution is -2.16. The summed E-state index contributed by atoms with van der Waals surface area (Å²) in [7, 11) is 1.35. The molecule has 0 spiro atoms. The maximum atomic E-state index is 12.4. The summed E-state index contributed by atoms with van der Waals surface area (Å²) in [4.78, 5) is 25.7. The Hall–Kier alpha value is -2.65. The van der Waals surface area contributed by atoms with E-state index in [0.717, 1.165) is 35.3 Å². The number of amides is 1. The summed E-state index contributed by atoms with van der Waals surface area (Å²) in [5.41, 5.74) is 2.57. The fourth-order valence-corrected chi connectivity index (χ4v) is 5.11. The molecule has 1 aromatic carbocycles. The zero-order valence-corrected chi connectivity index (χ0v) is 17.4. The number of nitrogens with zero attached hydrogens (tertiary/aromatic N) is 2. The molecule has 0 fully saturated rings. The van der Waals surface area contributed by atoms with Crippen molar-refractivity contribution in [3.63, 3.8) is 0 Å². The first-order valence-electron chi connectivity index (χ1n) is 9.16. The van der Waals surface area contributed by atoms with Gasteiger partial charge in [-0.25, -0.2) is 4.79 Å². The summed E-state index contributed by atoms with van der Waals surface area (Å²) in [5, 5.41) is 11.8. The first-order chi connectivity index (χ1) is 14.1. The van der Waals surface area contributed by atoms with E-state index in [0.29, 0.717) is 28.1 Å². The first-order valence-corrected chi connectivity index (χ1v) is 11.0. The van der Waals surface area contributed by atoms with Gasteiger partial charge in [-0.15, -0.1) is 21.5 Å². The molecule has 2 aromatic heterocycles. The number of carbonyl (C=O) groups excluding carboxylic acids is 2. The average molecular weight is 430 g/mol. The van der Waals surface area contributed by atoms with E-state index in [1.54, 1.807) is 0 Å². The number of benzene rings is 1. The van der Waals surface area contributed by atoms with Crippen molar-refractivity contribution in [3.05, 3.63) is 57.8 Å². The van der Waals surface area contributed by atoms with Gasteiger partial charge in [0, 0.05) is 4.88 Å². The van der Waals surface area contributed by atoms with Gasteiger partial charge in [0.2, 0.25) is 11.8 Å². The molecule has 0 atom stereocenters. The second-order valence-corrected chi connectivity index (χ2v) is 8.55. The molecule has 29 heavy (non-hydrogen) atoms. The molecule has 2 heterocycles. The molecule has 1 aliphatic rings. The van der Waals surface area contributed by atoms with Gasteiger partial charge in [0.1, 0.15) is 5.00 Å². The predicted molar refractivity (Wildman–Crippen MR) is 111 cm³/mol. The monoisotopic (exact) mass is 429 g/mol. The minimum absolute atomic E-state index is 0.107. The molecule has 0 saturated heterocycles. The van der Waals surface area contributed by atoms with Crippen LogP contribution in [0.2, 0.25) is 0 Å². The number of carbonyl (C=O) groups is 2. The number of thioether (sulfide) groups is 1. The standard InChI is InChI=1S/C20H19N3O4S2/c1-26-19(25)17-13-8-5-9-14(13)29-18(17)21-15(24)11-28-20-23-22-16(27-20)10-12-6-3-2-4-7-12/h2-4,6-7H,5,8-11H2,1H3,(H,21,24). The molecular formula is C20H19N3O4S2. The third-order valence-electron chi connectivity index (χ3n) is 4.54. The molecule has 1 N–H and O–H groups in total. The Labute approximate surface area is 175 Å². The fraction of sp³-hybridized carbons (Fsp3) is 0.300. The van der Waals surface area contributed by atoms with Gasteiger partial charge in [-0.3, -0.25) is 4.79 Å². The number of aromatic nitrogens is 2. The quantitative estimate of drug-likeness (QED) is 0.452. The number of hydrogen-bond donors (Lipinski definition) is 1. The van der Waals surface area contributed by atoms with E-state index >= 15 is 0 Å². The van der Waals surface area contributed by atoms with E-state index in [1.165, 1.54) is 30.2 Å². The molecule has 3 aromatic rings. The molecule has 0 saturated carbocycles. The van der Waals surface area contributed by atoms with Crippen molar-refractivity contribution in [1.29, 1.82) is 0 Å². The lowest BCUT2D eigenvalue weighted by atomic mass is 10.1. The summed E-state index contributed by atoms with van der Waals surface area (Å²) >= 11 is 2.62. The first kappa shape index (κ1) is 19.7. The van der Waals surface area contributed by atoms with Crippen LogP contribution in [0.3, 0.4) is 0 Å². The number of methoxy groups -OCH3 is 1. The molecular weight excluding hydrogens is 410 g/mol. The van der Waals surface area contributed by atoms with Crippen molar-refractivity contribution < 1.29 is 18.7 Å². The maximum Gasteiger partial charge on any atom is 0.341 e. The highest BCUT2D eigenvalue weighted by Gasteiger charge is 2.28. The number of aryl methyl sites for hydroxylation is 1. The Balaban J connectivity index is 1.36. The summed E-state index contributed by atoms with van der Waals surface area (Å²) in [5.74, 6) is -0.0321. The molecule has 0 radical (unpaired) electrons. The lowest BCUT2D eigenvalue weighted by Gasteiger charge is -2.06. The Kier molecular flexibility index (Phi) is 5.96. The summed E-state index contributed by atoms with van der Waals surface area (Å²) in [6.07, 6.45) is 3.34. The Morgan fingerprint density at radius 2 is 2.07 bits per heavy atom. The molecule has 150 valence electrons. The van der Waals surface area contributed by atoms with E-state index in [1.807, 2.05) is 30.3 Å². The average Bonchev–Trinajstić information content (AvgIpc) is 3.43. The van der Waals surface area contributed by atoms with Gasteiger partial charge in [-0.1, -0.05) is 42.1 Å². The van der Waals surface area contributed by atoms with Crippen molar-refractivity contribution >= 4 is 40.0 Å². The van der Waals surface area contributed by atoms with Crippen molar-refractivity contribution in [3.8, 4) is 0 Å². The Bertz CT molecular complexity index is 1030. The third kappa shape index (κ3) is 4.51. The number of ether oxygens (including phenoxy) is 1. The van der Waals surface area contributed by atoms with Crippen LogP contribution in [0.1, 0.15) is 38.7 Å². The van der Waals surface area contributed by atoms with Crippen LogP contribution in [0.15, 0.2) is 40.0 Å². The molecule has 4 rings (SSSR count). The number of nitrogens with one attached hydrogen (secondary N) is 1. The molecule has 0 unspecified atom stereocenters. The van der Waals surface area contributed by atoms with Crippen molar-refractivity contribution in [2.45, 2.75) is 30.9 Å². The van der Waals surface area contributed by atoms with Gasteiger partial charge in [0.15, 0.2) is 0 Å². The number of fused-ring (bicyclic) bond motifs is 1. The van der Waals surface area contributed by atoms with E-state index in [2.05, 4.69) is 15.5 Å². The fourth-order valence-electron chi connectivity index (χ4n) is 3.24. The Morgan fingerprint density at radius 3 is 2.86 bits per heavy atom. The highest BCUT2D eigenvalue weighted by Crippen LogP contribution is 2.39. The molecule has 1 aliphatic carbocycles. The van der Waals surface area contributed by atoms with Crippen LogP contribution in [0, 0.1) is 0 Å². The van der Waals surface area contributed by atoms with Gasteiger partial charge in [-0.2, -0.15) is 0 Å². The molecule has 7 nitrogen and oxygen atoms in total. The van der Waals surface area contributed by atoms with Crippen LogP contribution >= 0.6 is 23.1 Å². The molecule has 1 amide bonds. The van der Waals surface area contributed by atoms with Gasteiger partial charge >= 0.3 is 5.97 Å². The second-order valence-electron chi connectivity index (χ2n) is 6.51. The van der Waals surface area contributed by atoms with Crippen LogP contribution < -0.4 is 5.32 Å². The maximum absolute atomic E-state index is 12.4. The van der Waals surface area contributed by atoms with Crippen LogP contribution in [0.4, 0.5) is 5.00 Å². The van der Waals surface area contributed by atoms with Gasteiger partial charge in [0.25, 0.3) is 5.22 Å². The summed E-state index contributed by atoms with van der Waals surface area (Å²) in [6, 6.07) is 9.83. The zero-order chi connectivity index (χ0) is 20.2. The van der Waals surface area contributed by atoms with Gasteiger partial charge < -0.3 is 14.5 Å². The second kappa shape index (κ2) is 8.79. The molecule has 0 aliphatic heterocycles. The molecule has 9 heteroatoms. The van der Waals surface area contributed by atoms with Crippen molar-refractivity contribution in [2.24, 2.45) is 0 Å². The number of esters is 1. The van der Waals surface area contributed by atoms with E-state index in [4.69, 9.17) is 9.15 Å². The largest absolute Gasteiger partial charge is 0.465 e. The lowest BCUT2D eigenvalue weighted by molar-refractivity contribution is -0.113. The zero-order valence-electron chi connectivity index (χ0n) is 15.8. The van der Waals surface area contributed by atoms with Crippen molar-refractivity contribution in [2.75, 3.05) is 18.2 Å². The minimum Gasteiger partial charge on any atom is -0.465 e. The third-order valence-corrected chi connectivity index (χ3v) is 6.56. The smallest absolute Gasteiger partial charge is 0.341 e. The highest BCUT2D eigenvalue weighted by molar-refractivity contribution is 7.99. The van der Waals surface area contributed by atoms with Crippen LogP contribution in [0.25, 0.3) is 0 Å². The predicted octanol–water partition coefficient (Wildman–Crippen LogP) is 3.73. The molecule has 0 bridgehead atoms. The normalized spacial score (nSPS) is 12.6. The number of anilines is 1. The Morgan fingerprint density at radius 1 is 1.24 bits per heavy atom. The van der Waals surface area contributed by atoms with E-state index in [-0.39, 0.29) is 11.7 Å². The number of rotatable bonds is 7. The van der Waals surface area contributed by atoms with Crippen LogP contribution in [-0.2, 0) is 28.8 Å². The van der Waals surface area contributed by atoms with E-state index in [9.17, 15) is 9.59 Å². The number of thiophene rings is 1. The van der Waals surface area contributed by atoms with E-state index < -0.39 is 5.97 Å². The van der Waals surface area contributed by atoms with Crippen LogP contribution in [-0.4, -0.2) is 34.9 Å². The van der Waals surface area contributed by atoms with Crippen LogP contribution in [0.5, 0.6) is 0 Å². The van der Waals surface area contributed by atoms with Crippen molar-refractivity contribution in [1.82, 2.24) is 10.2 Å². The number of hydrogen-bond acceptors (Lipinski definition) is 8. The topological polar surface area (TPSA) is 94.3 Å². The summed E-state index contributed by atoms with van der Waals surface area (Å²) in [6.45, 7) is 0. The summed E-state index contributed by atoms with van der Waals surface area (Å²) < 4.78 is 10.5. The van der Waals surface area contributed by atoms with Gasteiger partial charge in [-0.05, 0) is 30.4 Å². The SMILES string of the molecule is COC(=O)c1c(NC(=O)CSc2nnc(Cc3ccccc3)o2)sc2c1CCC2. The highest BCUT2D eigenvalue weighted by atomic mass is 32.2. The van der Waals surface area contributed by atoms with Gasteiger partial charge in [0.05, 0.1) is 24.8 Å². The minimum atomic E-state index is -0.408.